The molecule has 0 aliphatic rings. The molecule has 20 heavy (non-hydrogen) atoms. The number of nitrogens with one attached hydrogen (secondary N) is 1. The van der Waals surface area contributed by atoms with Crippen molar-refractivity contribution in [2.45, 2.75) is 26.3 Å². The largest absolute Gasteiger partial charge is 0.310 e. The highest BCUT2D eigenvalue weighted by molar-refractivity contribution is 5.29. The monoisotopic (exact) mass is 280 g/mol. The third-order valence-electron chi connectivity index (χ3n) is 3.30. The van der Waals surface area contributed by atoms with Crippen LogP contribution in [0.3, 0.4) is 0 Å². The Hall–Kier alpha value is -1.82. The van der Waals surface area contributed by atoms with Gasteiger partial charge in [0, 0.05) is 31.1 Å². The van der Waals surface area contributed by atoms with Gasteiger partial charge >= 0.3 is 0 Å². The van der Waals surface area contributed by atoms with Gasteiger partial charge in [0.25, 0.3) is 0 Å². The highest BCUT2D eigenvalue weighted by atomic mass is 19.1. The molecule has 0 spiro atoms. The van der Waals surface area contributed by atoms with Gasteiger partial charge in [-0.25, -0.2) is 13.8 Å². The topological polar surface area (TPSA) is 42.7 Å². The van der Waals surface area contributed by atoms with Gasteiger partial charge in [0.15, 0.2) is 0 Å². The van der Waals surface area contributed by atoms with Crippen LogP contribution < -0.4 is 5.32 Å². The smallest absolute Gasteiger partial charge is 0.138 e. The van der Waals surface area contributed by atoms with Gasteiger partial charge in [0.2, 0.25) is 0 Å². The van der Waals surface area contributed by atoms with E-state index in [1.807, 2.05) is 6.92 Å². The van der Waals surface area contributed by atoms with Crippen molar-refractivity contribution in [2.24, 2.45) is 7.05 Å². The third-order valence-corrected chi connectivity index (χ3v) is 3.30. The lowest BCUT2D eigenvalue weighted by molar-refractivity contribution is 0.485. The zero-order chi connectivity index (χ0) is 14.7. The molecule has 108 valence electrons. The number of benzene rings is 1. The molecule has 6 heteroatoms. The van der Waals surface area contributed by atoms with Crippen LogP contribution in [-0.4, -0.2) is 21.3 Å². The quantitative estimate of drug-likeness (QED) is 0.914. The van der Waals surface area contributed by atoms with Crippen molar-refractivity contribution in [1.82, 2.24) is 20.1 Å². The number of rotatable bonds is 5. The number of hydrogen-bond donors (Lipinski definition) is 1. The lowest BCUT2D eigenvalue weighted by Crippen LogP contribution is -2.25. The van der Waals surface area contributed by atoms with E-state index >= 15 is 0 Å². The summed E-state index contributed by atoms with van der Waals surface area (Å²) in [6, 6.07) is 2.22. The van der Waals surface area contributed by atoms with Gasteiger partial charge in [-0.3, -0.25) is 4.68 Å². The summed E-state index contributed by atoms with van der Waals surface area (Å²) in [6.45, 7) is 4.25. The van der Waals surface area contributed by atoms with Crippen molar-refractivity contribution >= 4 is 0 Å². The Morgan fingerprint density at radius 2 is 2.05 bits per heavy atom. The first kappa shape index (κ1) is 14.6. The molecule has 1 aromatic carbocycles. The maximum Gasteiger partial charge on any atom is 0.138 e. The fourth-order valence-electron chi connectivity index (χ4n) is 2.17. The Bertz CT molecular complexity index is 595. The van der Waals surface area contributed by atoms with E-state index in [9.17, 15) is 8.78 Å². The van der Waals surface area contributed by atoms with Crippen molar-refractivity contribution in [3.8, 4) is 0 Å². The summed E-state index contributed by atoms with van der Waals surface area (Å²) in [6.07, 6.45) is 1.96. The number of aromatic nitrogens is 3. The maximum atomic E-state index is 14.0. The van der Waals surface area contributed by atoms with E-state index in [1.54, 1.807) is 24.7 Å². The van der Waals surface area contributed by atoms with E-state index in [0.717, 1.165) is 11.9 Å². The van der Waals surface area contributed by atoms with E-state index < -0.39 is 11.6 Å². The molecule has 0 aliphatic carbocycles. The summed E-state index contributed by atoms with van der Waals surface area (Å²) >= 11 is 0. The summed E-state index contributed by atoms with van der Waals surface area (Å²) in [5.41, 5.74) is 0.885. The van der Waals surface area contributed by atoms with Crippen LogP contribution in [0.1, 0.15) is 29.9 Å². The average Bonchev–Trinajstić information content (AvgIpc) is 2.79. The van der Waals surface area contributed by atoms with Gasteiger partial charge in [-0.2, -0.15) is 5.10 Å². The molecular formula is C14H18F2N4. The highest BCUT2D eigenvalue weighted by Gasteiger charge is 2.19. The minimum absolute atomic E-state index is 0.262. The third kappa shape index (κ3) is 3.01. The van der Waals surface area contributed by atoms with Crippen LogP contribution in [-0.2, 0) is 13.5 Å². The molecule has 1 unspecified atom stereocenters. The SMILES string of the molecule is CCNC(Cc1ncnn1C)c1cc(C)c(F)cc1F. The van der Waals surface area contributed by atoms with E-state index in [4.69, 9.17) is 0 Å². The molecule has 1 heterocycles. The number of likely N-dealkylation sites (N-methyl/N-ethyl adjacent to an activating group) is 1. The van der Waals surface area contributed by atoms with Crippen LogP contribution in [0, 0.1) is 18.6 Å². The molecule has 0 radical (unpaired) electrons. The van der Waals surface area contributed by atoms with Crippen molar-refractivity contribution in [3.63, 3.8) is 0 Å². The second kappa shape index (κ2) is 6.09. The highest BCUT2D eigenvalue weighted by Crippen LogP contribution is 2.23. The Morgan fingerprint density at radius 3 is 2.65 bits per heavy atom. The molecule has 0 saturated carbocycles. The molecule has 2 aromatic rings. The minimum atomic E-state index is -0.541. The summed E-state index contributed by atoms with van der Waals surface area (Å²) in [5.74, 6) is -0.321. The fraction of sp³-hybridized carbons (Fsp3) is 0.429. The normalized spacial score (nSPS) is 12.7. The van der Waals surface area contributed by atoms with Crippen molar-refractivity contribution in [2.75, 3.05) is 6.54 Å². The Morgan fingerprint density at radius 1 is 1.30 bits per heavy atom. The predicted molar refractivity (Wildman–Crippen MR) is 72.2 cm³/mol. The van der Waals surface area contributed by atoms with Crippen LogP contribution in [0.4, 0.5) is 8.78 Å². The first-order chi connectivity index (χ1) is 9.52. The fourth-order valence-corrected chi connectivity index (χ4v) is 2.17. The van der Waals surface area contributed by atoms with Crippen LogP contribution >= 0.6 is 0 Å². The first-order valence-electron chi connectivity index (χ1n) is 6.54. The van der Waals surface area contributed by atoms with Crippen LogP contribution in [0.15, 0.2) is 18.5 Å². The molecule has 1 N–H and O–H groups in total. The molecule has 0 saturated heterocycles. The van der Waals surface area contributed by atoms with Crippen LogP contribution in [0.25, 0.3) is 0 Å². The van der Waals surface area contributed by atoms with E-state index in [0.29, 0.717) is 24.1 Å². The zero-order valence-electron chi connectivity index (χ0n) is 11.8. The first-order valence-corrected chi connectivity index (χ1v) is 6.54. The second-order valence-electron chi connectivity index (χ2n) is 4.74. The van der Waals surface area contributed by atoms with Gasteiger partial charge in [0.05, 0.1) is 0 Å². The average molecular weight is 280 g/mol. The Kier molecular flexibility index (Phi) is 4.44. The number of nitrogens with zero attached hydrogens (tertiary/aromatic N) is 3. The van der Waals surface area contributed by atoms with E-state index in [1.165, 1.54) is 6.33 Å². The molecule has 1 aromatic heterocycles. The number of halogens is 2. The van der Waals surface area contributed by atoms with Crippen LogP contribution in [0.5, 0.6) is 0 Å². The Balaban J connectivity index is 2.33. The molecule has 0 fully saturated rings. The van der Waals surface area contributed by atoms with E-state index in [2.05, 4.69) is 15.4 Å². The molecule has 0 amide bonds. The predicted octanol–water partition coefficient (Wildman–Crippen LogP) is 2.30. The molecule has 0 bridgehead atoms. The van der Waals surface area contributed by atoms with Gasteiger partial charge in [0.1, 0.15) is 23.8 Å². The van der Waals surface area contributed by atoms with Gasteiger partial charge < -0.3 is 5.32 Å². The van der Waals surface area contributed by atoms with Crippen molar-refractivity contribution in [3.05, 3.63) is 47.0 Å². The lowest BCUT2D eigenvalue weighted by atomic mass is 10.00. The Labute approximate surface area is 116 Å². The number of aryl methyl sites for hydroxylation is 2. The molecule has 2 rings (SSSR count). The second-order valence-corrected chi connectivity index (χ2v) is 4.74. The van der Waals surface area contributed by atoms with Crippen molar-refractivity contribution in [1.29, 1.82) is 0 Å². The summed E-state index contributed by atoms with van der Waals surface area (Å²) < 4.78 is 29.0. The number of hydrogen-bond acceptors (Lipinski definition) is 3. The maximum absolute atomic E-state index is 14.0. The standard InChI is InChI=1S/C14H18F2N4/c1-4-17-13(7-14-18-8-19-20(14)3)10-5-9(2)11(15)6-12(10)16/h5-6,8,13,17H,4,7H2,1-3H3. The summed E-state index contributed by atoms with van der Waals surface area (Å²) in [7, 11) is 1.79. The molecular weight excluding hydrogens is 262 g/mol. The van der Waals surface area contributed by atoms with Crippen LogP contribution in [0.2, 0.25) is 0 Å². The molecule has 1 atom stereocenters. The van der Waals surface area contributed by atoms with Gasteiger partial charge in [-0.1, -0.05) is 6.92 Å². The lowest BCUT2D eigenvalue weighted by Gasteiger charge is -2.19. The van der Waals surface area contributed by atoms with Gasteiger partial charge in [-0.05, 0) is 25.1 Å². The van der Waals surface area contributed by atoms with Crippen molar-refractivity contribution < 1.29 is 8.78 Å². The summed E-state index contributed by atoms with van der Waals surface area (Å²) in [4.78, 5) is 4.15. The van der Waals surface area contributed by atoms with E-state index in [-0.39, 0.29) is 6.04 Å². The van der Waals surface area contributed by atoms with Gasteiger partial charge in [-0.15, -0.1) is 0 Å². The summed E-state index contributed by atoms with van der Waals surface area (Å²) in [5, 5.41) is 7.21. The zero-order valence-corrected chi connectivity index (χ0v) is 11.8. The molecule has 4 nitrogen and oxygen atoms in total. The minimum Gasteiger partial charge on any atom is -0.310 e. The molecule has 0 aliphatic heterocycles.